The summed E-state index contributed by atoms with van der Waals surface area (Å²) in [5.74, 6) is 0. The Labute approximate surface area is 119 Å². The maximum Gasteiger partial charge on any atom is 0.269 e. The molecule has 0 radical (unpaired) electrons. The lowest BCUT2D eigenvalue weighted by molar-refractivity contribution is -0.385. The number of benzene rings is 2. The molecule has 0 spiro atoms. The zero-order valence-electron chi connectivity index (χ0n) is 11.1. The summed E-state index contributed by atoms with van der Waals surface area (Å²) in [5.41, 5.74) is 7.83. The molecule has 0 aliphatic carbocycles. The van der Waals surface area contributed by atoms with E-state index in [1.807, 2.05) is 0 Å². The topological polar surface area (TPSA) is 110 Å². The number of nitrogens with one attached hydrogen (secondary N) is 2. The molecule has 108 valence electrons. The van der Waals surface area contributed by atoms with Gasteiger partial charge in [-0.05, 0) is 30.7 Å². The molecule has 21 heavy (non-hydrogen) atoms. The summed E-state index contributed by atoms with van der Waals surface area (Å²) in [4.78, 5) is 20.3. The fourth-order valence-corrected chi connectivity index (χ4v) is 1.71. The highest BCUT2D eigenvalue weighted by Crippen LogP contribution is 2.22. The van der Waals surface area contributed by atoms with Gasteiger partial charge < -0.3 is 10.9 Å². The van der Waals surface area contributed by atoms with Crippen LogP contribution in [0.25, 0.3) is 0 Å². The first kappa shape index (κ1) is 14.3. The molecule has 0 atom stereocenters. The SMILES string of the molecule is Cc1cc([N+](=O)[O-])ccc1NNc1ccc([N+](=O)[O-])cc1. The molecule has 2 rings (SSSR count). The van der Waals surface area contributed by atoms with E-state index in [0.29, 0.717) is 16.9 Å². The lowest BCUT2D eigenvalue weighted by atomic mass is 10.2. The van der Waals surface area contributed by atoms with E-state index in [1.54, 1.807) is 25.1 Å². The highest BCUT2D eigenvalue weighted by Gasteiger charge is 2.08. The standard InChI is InChI=1S/C13H12N4O4/c1-9-8-12(17(20)21)6-7-13(9)15-14-10-2-4-11(5-3-10)16(18)19/h2-8,14-15H,1H3. The maximum absolute atomic E-state index is 10.6. The normalized spacial score (nSPS) is 9.95. The Morgan fingerprint density at radius 2 is 1.43 bits per heavy atom. The van der Waals surface area contributed by atoms with Crippen molar-refractivity contribution in [1.29, 1.82) is 0 Å². The van der Waals surface area contributed by atoms with Crippen molar-refractivity contribution in [1.82, 2.24) is 0 Å². The molecule has 2 N–H and O–H groups in total. The maximum atomic E-state index is 10.6. The van der Waals surface area contributed by atoms with Crippen molar-refractivity contribution >= 4 is 22.7 Å². The molecule has 0 saturated carbocycles. The van der Waals surface area contributed by atoms with Gasteiger partial charge >= 0.3 is 0 Å². The van der Waals surface area contributed by atoms with Gasteiger partial charge in [0.2, 0.25) is 0 Å². The van der Waals surface area contributed by atoms with Gasteiger partial charge in [-0.25, -0.2) is 0 Å². The van der Waals surface area contributed by atoms with Crippen molar-refractivity contribution in [2.75, 3.05) is 10.9 Å². The van der Waals surface area contributed by atoms with Crippen LogP contribution in [0.5, 0.6) is 0 Å². The number of nitro groups is 2. The average Bonchev–Trinajstić information content (AvgIpc) is 2.46. The number of nitrogens with zero attached hydrogens (tertiary/aromatic N) is 2. The van der Waals surface area contributed by atoms with Gasteiger partial charge in [-0.2, -0.15) is 0 Å². The number of anilines is 2. The predicted octanol–water partition coefficient (Wildman–Crippen LogP) is 3.25. The smallest absolute Gasteiger partial charge is 0.269 e. The van der Waals surface area contributed by atoms with E-state index in [0.717, 1.165) is 0 Å². The molecule has 8 heteroatoms. The highest BCUT2D eigenvalue weighted by atomic mass is 16.6. The Morgan fingerprint density at radius 3 is 1.95 bits per heavy atom. The lowest BCUT2D eigenvalue weighted by Crippen LogP contribution is -2.09. The van der Waals surface area contributed by atoms with Crippen molar-refractivity contribution in [2.24, 2.45) is 0 Å². The molecule has 0 amide bonds. The molecule has 2 aromatic rings. The zero-order chi connectivity index (χ0) is 15.4. The zero-order valence-corrected chi connectivity index (χ0v) is 11.1. The van der Waals surface area contributed by atoms with E-state index in [4.69, 9.17) is 0 Å². The average molecular weight is 288 g/mol. The van der Waals surface area contributed by atoms with Gasteiger partial charge in [-0.3, -0.25) is 20.2 Å². The third-order valence-corrected chi connectivity index (χ3v) is 2.84. The van der Waals surface area contributed by atoms with Gasteiger partial charge in [0.1, 0.15) is 0 Å². The van der Waals surface area contributed by atoms with Crippen LogP contribution in [0.15, 0.2) is 42.5 Å². The van der Waals surface area contributed by atoms with Gasteiger partial charge in [0.25, 0.3) is 11.4 Å². The van der Waals surface area contributed by atoms with Gasteiger partial charge in [0, 0.05) is 24.3 Å². The van der Waals surface area contributed by atoms with E-state index in [-0.39, 0.29) is 11.4 Å². The first-order valence-corrected chi connectivity index (χ1v) is 5.99. The van der Waals surface area contributed by atoms with Gasteiger partial charge in [0.05, 0.1) is 21.2 Å². The van der Waals surface area contributed by atoms with Gasteiger partial charge in [0.15, 0.2) is 0 Å². The highest BCUT2D eigenvalue weighted by molar-refractivity contribution is 5.59. The van der Waals surface area contributed by atoms with Crippen LogP contribution in [0.2, 0.25) is 0 Å². The number of hydrogen-bond acceptors (Lipinski definition) is 6. The molecule has 8 nitrogen and oxygen atoms in total. The summed E-state index contributed by atoms with van der Waals surface area (Å²) < 4.78 is 0. The molecule has 2 aromatic carbocycles. The molecule has 0 unspecified atom stereocenters. The minimum absolute atomic E-state index is 0.00654. The number of hydrogen-bond donors (Lipinski definition) is 2. The Balaban J connectivity index is 2.06. The minimum atomic E-state index is -0.475. The molecular weight excluding hydrogens is 276 g/mol. The summed E-state index contributed by atoms with van der Waals surface area (Å²) in [7, 11) is 0. The van der Waals surface area contributed by atoms with Crippen molar-refractivity contribution in [3.05, 3.63) is 68.3 Å². The monoisotopic (exact) mass is 288 g/mol. The third-order valence-electron chi connectivity index (χ3n) is 2.84. The molecule has 0 aliphatic rings. The Hall–Kier alpha value is -3.16. The number of non-ortho nitro benzene ring substituents is 2. The first-order valence-electron chi connectivity index (χ1n) is 5.99. The second-order valence-electron chi connectivity index (χ2n) is 4.31. The summed E-state index contributed by atoms with van der Waals surface area (Å²) in [5, 5.41) is 21.2. The molecular formula is C13H12N4O4. The number of nitro benzene ring substituents is 2. The van der Waals surface area contributed by atoms with Crippen LogP contribution < -0.4 is 10.9 Å². The van der Waals surface area contributed by atoms with Crippen LogP contribution in [0.3, 0.4) is 0 Å². The third kappa shape index (κ3) is 3.44. The van der Waals surface area contributed by atoms with Crippen LogP contribution in [-0.2, 0) is 0 Å². The van der Waals surface area contributed by atoms with E-state index in [9.17, 15) is 20.2 Å². The fourth-order valence-electron chi connectivity index (χ4n) is 1.71. The van der Waals surface area contributed by atoms with Crippen molar-refractivity contribution < 1.29 is 9.85 Å². The molecule has 0 fully saturated rings. The molecule has 0 heterocycles. The van der Waals surface area contributed by atoms with Gasteiger partial charge in [-0.1, -0.05) is 0 Å². The second-order valence-corrected chi connectivity index (χ2v) is 4.31. The van der Waals surface area contributed by atoms with E-state index in [1.165, 1.54) is 24.3 Å². The minimum Gasteiger partial charge on any atom is -0.301 e. The Morgan fingerprint density at radius 1 is 0.857 bits per heavy atom. The van der Waals surface area contributed by atoms with E-state index >= 15 is 0 Å². The van der Waals surface area contributed by atoms with Crippen LogP contribution >= 0.6 is 0 Å². The second kappa shape index (κ2) is 5.87. The fraction of sp³-hybridized carbons (Fsp3) is 0.0769. The van der Waals surface area contributed by atoms with Crippen LogP contribution in [0.4, 0.5) is 22.7 Å². The quantitative estimate of drug-likeness (QED) is 0.645. The molecule has 0 bridgehead atoms. The number of aryl methyl sites for hydroxylation is 1. The summed E-state index contributed by atoms with van der Waals surface area (Å²) >= 11 is 0. The van der Waals surface area contributed by atoms with Crippen LogP contribution in [0, 0.1) is 27.2 Å². The van der Waals surface area contributed by atoms with E-state index in [2.05, 4.69) is 10.9 Å². The number of hydrazine groups is 1. The number of rotatable bonds is 5. The van der Waals surface area contributed by atoms with Crippen molar-refractivity contribution in [3.8, 4) is 0 Å². The predicted molar refractivity (Wildman–Crippen MR) is 78.2 cm³/mol. The van der Waals surface area contributed by atoms with Gasteiger partial charge in [-0.15, -0.1) is 0 Å². The summed E-state index contributed by atoms with van der Waals surface area (Å²) in [6.45, 7) is 1.74. The van der Waals surface area contributed by atoms with Crippen LogP contribution in [-0.4, -0.2) is 9.85 Å². The van der Waals surface area contributed by atoms with E-state index < -0.39 is 9.85 Å². The van der Waals surface area contributed by atoms with Crippen molar-refractivity contribution in [2.45, 2.75) is 6.92 Å². The summed E-state index contributed by atoms with van der Waals surface area (Å²) in [6.07, 6.45) is 0. The Bertz CT molecular complexity index is 685. The molecule has 0 aliphatic heterocycles. The van der Waals surface area contributed by atoms with Crippen molar-refractivity contribution in [3.63, 3.8) is 0 Å². The Kier molecular flexibility index (Phi) is 3.98. The lowest BCUT2D eigenvalue weighted by Gasteiger charge is -2.11. The first-order chi connectivity index (χ1) is 9.97. The van der Waals surface area contributed by atoms with Crippen LogP contribution in [0.1, 0.15) is 5.56 Å². The molecule has 0 saturated heterocycles. The largest absolute Gasteiger partial charge is 0.301 e. The molecule has 0 aromatic heterocycles. The summed E-state index contributed by atoms with van der Waals surface area (Å²) in [6, 6.07) is 10.3.